The van der Waals surface area contributed by atoms with E-state index in [-0.39, 0.29) is 17.2 Å². The molecule has 1 aromatic carbocycles. The number of benzene rings is 1. The Morgan fingerprint density at radius 1 is 1.23 bits per heavy atom. The Labute approximate surface area is 159 Å². The molecular weight excluding hydrogens is 348 g/mol. The second-order valence-electron chi connectivity index (χ2n) is 7.54. The molecule has 5 nitrogen and oxygen atoms in total. The van der Waals surface area contributed by atoms with Gasteiger partial charge in [-0.3, -0.25) is 9.79 Å². The maximum Gasteiger partial charge on any atom is 0.162 e. The molecule has 140 valence electrons. The number of hydrogen-bond acceptors (Lipinski definition) is 6. The Balaban J connectivity index is 1.98. The predicted molar refractivity (Wildman–Crippen MR) is 107 cm³/mol. The summed E-state index contributed by atoms with van der Waals surface area (Å²) in [6.07, 6.45) is 1.84. The van der Waals surface area contributed by atoms with Crippen molar-refractivity contribution >= 4 is 28.9 Å². The Kier molecular flexibility index (Phi) is 5.32. The third-order valence-electron chi connectivity index (χ3n) is 4.70. The minimum atomic E-state index is -0.102. The summed E-state index contributed by atoms with van der Waals surface area (Å²) in [5.74, 6) is 2.30. The summed E-state index contributed by atoms with van der Waals surface area (Å²) < 4.78 is 10.7. The van der Waals surface area contributed by atoms with Crippen molar-refractivity contribution in [1.82, 2.24) is 5.32 Å². The van der Waals surface area contributed by atoms with Crippen LogP contribution in [0.4, 0.5) is 5.69 Å². The average molecular weight is 375 g/mol. The van der Waals surface area contributed by atoms with E-state index in [1.165, 1.54) is 4.91 Å². The largest absolute Gasteiger partial charge is 0.493 e. The number of aliphatic imine (C=N–C) groups is 1. The van der Waals surface area contributed by atoms with Crippen LogP contribution in [0.2, 0.25) is 0 Å². The normalized spacial score (nSPS) is 23.3. The molecule has 0 radical (unpaired) electrons. The number of ether oxygens (including phenoxy) is 2. The highest BCUT2D eigenvalue weighted by molar-refractivity contribution is 8.04. The molecule has 1 aliphatic heterocycles. The number of nitrogens with zero attached hydrogens (tertiary/aromatic N) is 1. The van der Waals surface area contributed by atoms with E-state index in [9.17, 15) is 4.79 Å². The van der Waals surface area contributed by atoms with Crippen molar-refractivity contribution in [3.63, 3.8) is 0 Å². The van der Waals surface area contributed by atoms with Crippen LogP contribution in [-0.4, -0.2) is 37.5 Å². The molecule has 1 atom stereocenters. The number of carbonyl (C=O) groups is 1. The minimum Gasteiger partial charge on any atom is -0.493 e. The van der Waals surface area contributed by atoms with E-state index in [0.717, 1.165) is 35.7 Å². The van der Waals surface area contributed by atoms with Crippen molar-refractivity contribution in [2.75, 3.05) is 20.0 Å². The van der Waals surface area contributed by atoms with Crippen LogP contribution in [0.3, 0.4) is 0 Å². The lowest BCUT2D eigenvalue weighted by Crippen LogP contribution is -2.44. The van der Waals surface area contributed by atoms with Crippen LogP contribution in [-0.2, 0) is 4.79 Å². The highest BCUT2D eigenvalue weighted by Gasteiger charge is 2.36. The smallest absolute Gasteiger partial charge is 0.162 e. The number of ketones is 1. The van der Waals surface area contributed by atoms with E-state index in [1.807, 2.05) is 18.2 Å². The Morgan fingerprint density at radius 3 is 2.62 bits per heavy atom. The quantitative estimate of drug-likeness (QED) is 0.860. The molecule has 0 amide bonds. The van der Waals surface area contributed by atoms with Crippen molar-refractivity contribution in [3.05, 3.63) is 28.8 Å². The Morgan fingerprint density at radius 2 is 1.96 bits per heavy atom. The van der Waals surface area contributed by atoms with Gasteiger partial charge in [0.05, 0.1) is 31.7 Å². The summed E-state index contributed by atoms with van der Waals surface area (Å²) in [7, 11) is 3.25. The molecule has 1 N–H and O–H groups in total. The fourth-order valence-corrected chi connectivity index (χ4v) is 4.64. The number of thioether (sulfide) groups is 1. The van der Waals surface area contributed by atoms with Gasteiger partial charge >= 0.3 is 0 Å². The van der Waals surface area contributed by atoms with E-state index < -0.39 is 0 Å². The summed E-state index contributed by atoms with van der Waals surface area (Å²) in [4.78, 5) is 17.9. The highest BCUT2D eigenvalue weighted by atomic mass is 32.2. The molecule has 1 heterocycles. The second kappa shape index (κ2) is 7.35. The molecule has 3 rings (SSSR count). The van der Waals surface area contributed by atoms with Crippen molar-refractivity contribution in [3.8, 4) is 11.5 Å². The molecule has 0 spiro atoms. The van der Waals surface area contributed by atoms with E-state index in [2.05, 4.69) is 19.2 Å². The van der Waals surface area contributed by atoms with Gasteiger partial charge in [-0.25, -0.2) is 0 Å². The molecule has 0 aromatic heterocycles. The number of nitrogens with one attached hydrogen (secondary N) is 1. The van der Waals surface area contributed by atoms with Crippen LogP contribution in [0.15, 0.2) is 33.8 Å². The molecule has 2 aliphatic rings. The first-order valence-corrected chi connectivity index (χ1v) is 9.74. The number of Topliss-reactive ketones (excluding diaryl/α,β-unsaturated/α-hetero) is 1. The van der Waals surface area contributed by atoms with Gasteiger partial charge in [0.2, 0.25) is 0 Å². The van der Waals surface area contributed by atoms with Crippen LogP contribution in [0.5, 0.6) is 11.5 Å². The van der Waals surface area contributed by atoms with Gasteiger partial charge in [-0.15, -0.1) is 11.8 Å². The summed E-state index contributed by atoms with van der Waals surface area (Å²) >= 11 is 1.74. The van der Waals surface area contributed by atoms with Crippen LogP contribution in [0.1, 0.15) is 33.6 Å². The number of rotatable bonds is 4. The molecule has 0 fully saturated rings. The van der Waals surface area contributed by atoms with Crippen LogP contribution in [0, 0.1) is 5.41 Å². The van der Waals surface area contributed by atoms with Gasteiger partial charge in [-0.05, 0) is 37.3 Å². The van der Waals surface area contributed by atoms with Gasteiger partial charge in [0.15, 0.2) is 17.3 Å². The van der Waals surface area contributed by atoms with Crippen LogP contribution >= 0.6 is 11.8 Å². The van der Waals surface area contributed by atoms with E-state index in [1.54, 1.807) is 32.9 Å². The molecular formula is C20H26N2O3S. The fourth-order valence-electron chi connectivity index (χ4n) is 3.39. The molecule has 1 aliphatic carbocycles. The molecule has 1 unspecified atom stereocenters. The van der Waals surface area contributed by atoms with E-state index >= 15 is 0 Å². The lowest BCUT2D eigenvalue weighted by molar-refractivity contribution is -0.118. The van der Waals surface area contributed by atoms with Gasteiger partial charge in [0.1, 0.15) is 0 Å². The molecule has 0 saturated heterocycles. The Bertz CT molecular complexity index is 783. The first-order valence-electron chi connectivity index (χ1n) is 8.76. The number of carbonyl (C=O) groups excluding carboxylic acids is 1. The summed E-state index contributed by atoms with van der Waals surface area (Å²) in [6, 6.07) is 5.61. The summed E-state index contributed by atoms with van der Waals surface area (Å²) in [5, 5.41) is 3.45. The Hall–Kier alpha value is -1.95. The molecule has 6 heteroatoms. The van der Waals surface area contributed by atoms with Gasteiger partial charge in [-0.1, -0.05) is 13.8 Å². The zero-order valence-electron chi connectivity index (χ0n) is 16.0. The maximum absolute atomic E-state index is 11.8. The SMILES string of the molecule is COc1ccc(/N=C2\CC(C)(C)CC3=C2SCC(C(C)=O)N3)cc1OC. The molecule has 26 heavy (non-hydrogen) atoms. The topological polar surface area (TPSA) is 59.9 Å². The van der Waals surface area contributed by atoms with Gasteiger partial charge in [-0.2, -0.15) is 0 Å². The summed E-state index contributed by atoms with van der Waals surface area (Å²) in [5.41, 5.74) is 3.16. The third-order valence-corrected chi connectivity index (χ3v) is 5.97. The van der Waals surface area contributed by atoms with Crippen LogP contribution in [0.25, 0.3) is 0 Å². The van der Waals surface area contributed by atoms with Gasteiger partial charge in [0.25, 0.3) is 0 Å². The molecule has 1 aromatic rings. The maximum atomic E-state index is 11.8. The first-order chi connectivity index (χ1) is 12.3. The van der Waals surface area contributed by atoms with Crippen molar-refractivity contribution < 1.29 is 14.3 Å². The van der Waals surface area contributed by atoms with E-state index in [4.69, 9.17) is 14.5 Å². The molecule has 0 bridgehead atoms. The zero-order chi connectivity index (χ0) is 18.9. The van der Waals surface area contributed by atoms with Crippen molar-refractivity contribution in [2.45, 2.75) is 39.7 Å². The predicted octanol–water partition coefficient (Wildman–Crippen LogP) is 4.10. The van der Waals surface area contributed by atoms with Gasteiger partial charge in [0, 0.05) is 22.4 Å². The van der Waals surface area contributed by atoms with Crippen LogP contribution < -0.4 is 14.8 Å². The third kappa shape index (κ3) is 3.90. The average Bonchev–Trinajstić information content (AvgIpc) is 2.60. The van der Waals surface area contributed by atoms with E-state index in [0.29, 0.717) is 11.5 Å². The number of hydrogen-bond donors (Lipinski definition) is 1. The lowest BCUT2D eigenvalue weighted by Gasteiger charge is -2.38. The second-order valence-corrected chi connectivity index (χ2v) is 8.57. The number of methoxy groups -OCH3 is 2. The molecule has 0 saturated carbocycles. The zero-order valence-corrected chi connectivity index (χ0v) is 16.8. The van der Waals surface area contributed by atoms with Gasteiger partial charge < -0.3 is 14.8 Å². The number of allylic oxidation sites excluding steroid dienone is 2. The highest BCUT2D eigenvalue weighted by Crippen LogP contribution is 2.43. The first kappa shape index (κ1) is 18.8. The monoisotopic (exact) mass is 374 g/mol. The minimum absolute atomic E-state index is 0.0977. The standard InChI is InChI=1S/C20H26N2O3S/c1-12(23)16-11-26-19-14(9-20(2,3)10-15(19)22-16)21-13-6-7-17(24-4)18(8-13)25-5/h6-8,16,22H,9-11H2,1-5H3/b21-14+. The van der Waals surface area contributed by atoms with Crippen molar-refractivity contribution in [1.29, 1.82) is 0 Å². The fraction of sp³-hybridized carbons (Fsp3) is 0.500. The van der Waals surface area contributed by atoms with Crippen molar-refractivity contribution in [2.24, 2.45) is 10.4 Å². The summed E-state index contributed by atoms with van der Waals surface area (Å²) in [6.45, 7) is 6.13. The lowest BCUT2D eigenvalue weighted by atomic mass is 9.78.